The van der Waals surface area contributed by atoms with Gasteiger partial charge in [-0.3, -0.25) is 4.98 Å². The van der Waals surface area contributed by atoms with Gasteiger partial charge in [-0.1, -0.05) is 36.8 Å². The lowest BCUT2D eigenvalue weighted by Gasteiger charge is -2.26. The molecular weight excluding hydrogens is 234 g/mol. The third kappa shape index (κ3) is 2.85. The lowest BCUT2D eigenvalue weighted by Crippen LogP contribution is -2.10. The van der Waals surface area contributed by atoms with Gasteiger partial charge in [-0.25, -0.2) is 0 Å². The van der Waals surface area contributed by atoms with Gasteiger partial charge in [0.15, 0.2) is 0 Å². The minimum Gasteiger partial charge on any atom is -0.388 e. The fourth-order valence-corrected chi connectivity index (χ4v) is 2.62. The van der Waals surface area contributed by atoms with Gasteiger partial charge in [-0.2, -0.15) is 0 Å². The second kappa shape index (κ2) is 5.54. The molecule has 0 radical (unpaired) electrons. The van der Waals surface area contributed by atoms with Gasteiger partial charge < -0.3 is 5.11 Å². The van der Waals surface area contributed by atoms with Crippen molar-refractivity contribution in [3.05, 3.63) is 65.5 Å². The first-order chi connectivity index (χ1) is 9.33. The molecule has 1 atom stereocenters. The highest BCUT2D eigenvalue weighted by atomic mass is 16.3. The first-order valence-corrected chi connectivity index (χ1v) is 7.00. The summed E-state index contributed by atoms with van der Waals surface area (Å²) in [6.07, 6.45) is 7.69. The second-order valence-electron chi connectivity index (χ2n) is 5.38. The van der Waals surface area contributed by atoms with E-state index in [1.165, 1.54) is 24.8 Å². The van der Waals surface area contributed by atoms with Crippen LogP contribution in [0.1, 0.15) is 48.0 Å². The third-order valence-corrected chi connectivity index (χ3v) is 4.02. The Morgan fingerprint density at radius 2 is 2.11 bits per heavy atom. The zero-order chi connectivity index (χ0) is 13.1. The van der Waals surface area contributed by atoms with E-state index >= 15 is 0 Å². The molecular formula is C17H19NO. The summed E-state index contributed by atoms with van der Waals surface area (Å²) in [4.78, 5) is 4.09. The topological polar surface area (TPSA) is 33.1 Å². The predicted molar refractivity (Wildman–Crippen MR) is 75.9 cm³/mol. The number of hydrogen-bond donors (Lipinski definition) is 1. The van der Waals surface area contributed by atoms with Crippen LogP contribution in [-0.4, -0.2) is 10.1 Å². The Bertz CT molecular complexity index is 534. The molecule has 1 N–H and O–H groups in total. The molecule has 0 aliphatic heterocycles. The average Bonchev–Trinajstić information content (AvgIpc) is 2.38. The molecule has 1 saturated carbocycles. The van der Waals surface area contributed by atoms with E-state index in [1.54, 1.807) is 6.20 Å². The SMILES string of the molecule is OC(Cc1cccnc1)c1cccc(C2CCC2)c1. The number of rotatable bonds is 4. The maximum Gasteiger partial charge on any atom is 0.0831 e. The summed E-state index contributed by atoms with van der Waals surface area (Å²) in [5.41, 5.74) is 3.48. The van der Waals surface area contributed by atoms with Gasteiger partial charge in [0.2, 0.25) is 0 Å². The van der Waals surface area contributed by atoms with Crippen LogP contribution in [0.3, 0.4) is 0 Å². The summed E-state index contributed by atoms with van der Waals surface area (Å²) < 4.78 is 0. The first-order valence-electron chi connectivity index (χ1n) is 7.00. The van der Waals surface area contributed by atoms with E-state index in [0.29, 0.717) is 12.3 Å². The lowest BCUT2D eigenvalue weighted by atomic mass is 9.79. The molecule has 0 saturated heterocycles. The fourth-order valence-electron chi connectivity index (χ4n) is 2.62. The molecule has 1 aromatic heterocycles. The van der Waals surface area contributed by atoms with Gasteiger partial charge in [0.05, 0.1) is 6.10 Å². The van der Waals surface area contributed by atoms with Gasteiger partial charge in [-0.05, 0) is 41.5 Å². The van der Waals surface area contributed by atoms with Crippen molar-refractivity contribution in [3.8, 4) is 0 Å². The number of nitrogens with zero attached hydrogens (tertiary/aromatic N) is 1. The molecule has 2 nitrogen and oxygen atoms in total. The normalized spacial score (nSPS) is 16.9. The number of hydrogen-bond acceptors (Lipinski definition) is 2. The van der Waals surface area contributed by atoms with E-state index in [2.05, 4.69) is 23.2 Å². The van der Waals surface area contributed by atoms with Gasteiger partial charge in [0.1, 0.15) is 0 Å². The highest BCUT2D eigenvalue weighted by Crippen LogP contribution is 2.37. The summed E-state index contributed by atoms with van der Waals surface area (Å²) in [6, 6.07) is 12.4. The summed E-state index contributed by atoms with van der Waals surface area (Å²) in [5.74, 6) is 0.713. The predicted octanol–water partition coefficient (Wildman–Crippen LogP) is 3.63. The van der Waals surface area contributed by atoms with Crippen LogP contribution >= 0.6 is 0 Å². The van der Waals surface area contributed by atoms with Crippen molar-refractivity contribution in [2.45, 2.75) is 37.7 Å². The third-order valence-electron chi connectivity index (χ3n) is 4.02. The Morgan fingerprint density at radius 1 is 1.21 bits per heavy atom. The number of aromatic nitrogens is 1. The average molecular weight is 253 g/mol. The minimum atomic E-state index is -0.441. The van der Waals surface area contributed by atoms with E-state index in [1.807, 2.05) is 24.4 Å². The zero-order valence-electron chi connectivity index (χ0n) is 11.0. The van der Waals surface area contributed by atoms with Crippen molar-refractivity contribution in [1.82, 2.24) is 4.98 Å². The maximum absolute atomic E-state index is 10.3. The Labute approximate surface area is 114 Å². The highest BCUT2D eigenvalue weighted by molar-refractivity contribution is 5.30. The minimum absolute atomic E-state index is 0.441. The fraction of sp³-hybridized carbons (Fsp3) is 0.353. The van der Waals surface area contributed by atoms with Crippen LogP contribution in [0.15, 0.2) is 48.8 Å². The Balaban J connectivity index is 1.74. The van der Waals surface area contributed by atoms with Gasteiger partial charge in [0.25, 0.3) is 0 Å². The van der Waals surface area contributed by atoms with E-state index in [-0.39, 0.29) is 0 Å². The maximum atomic E-state index is 10.3. The summed E-state index contributed by atoms with van der Waals surface area (Å²) >= 11 is 0. The molecule has 1 fully saturated rings. The molecule has 0 bridgehead atoms. The first kappa shape index (κ1) is 12.4. The molecule has 98 valence electrons. The van der Waals surface area contributed by atoms with Crippen LogP contribution in [0.25, 0.3) is 0 Å². The number of pyridine rings is 1. The second-order valence-corrected chi connectivity index (χ2v) is 5.38. The Hall–Kier alpha value is -1.67. The van der Waals surface area contributed by atoms with Crippen molar-refractivity contribution < 1.29 is 5.11 Å². The number of aliphatic hydroxyl groups excluding tert-OH is 1. The van der Waals surface area contributed by atoms with Crippen molar-refractivity contribution >= 4 is 0 Å². The van der Waals surface area contributed by atoms with E-state index < -0.39 is 6.10 Å². The molecule has 1 aliphatic rings. The largest absolute Gasteiger partial charge is 0.388 e. The van der Waals surface area contributed by atoms with E-state index in [4.69, 9.17) is 0 Å². The smallest absolute Gasteiger partial charge is 0.0831 e. The van der Waals surface area contributed by atoms with Crippen LogP contribution in [0.5, 0.6) is 0 Å². The van der Waals surface area contributed by atoms with Crippen molar-refractivity contribution in [1.29, 1.82) is 0 Å². The molecule has 0 spiro atoms. The quantitative estimate of drug-likeness (QED) is 0.902. The highest BCUT2D eigenvalue weighted by Gasteiger charge is 2.20. The van der Waals surface area contributed by atoms with Crippen LogP contribution < -0.4 is 0 Å². The van der Waals surface area contributed by atoms with Crippen molar-refractivity contribution in [3.63, 3.8) is 0 Å². The van der Waals surface area contributed by atoms with Crippen LogP contribution in [0.2, 0.25) is 0 Å². The molecule has 2 heteroatoms. The van der Waals surface area contributed by atoms with E-state index in [0.717, 1.165) is 11.1 Å². The molecule has 0 amide bonds. The Morgan fingerprint density at radius 3 is 2.79 bits per heavy atom. The van der Waals surface area contributed by atoms with Gasteiger partial charge in [-0.15, -0.1) is 0 Å². The molecule has 1 aromatic carbocycles. The van der Waals surface area contributed by atoms with E-state index in [9.17, 15) is 5.11 Å². The van der Waals surface area contributed by atoms with Crippen molar-refractivity contribution in [2.75, 3.05) is 0 Å². The molecule has 1 heterocycles. The van der Waals surface area contributed by atoms with Crippen molar-refractivity contribution in [2.24, 2.45) is 0 Å². The standard InChI is InChI=1S/C17H19NO/c19-17(10-13-4-3-9-18-12-13)16-8-2-7-15(11-16)14-5-1-6-14/h2-4,7-9,11-12,14,17,19H,1,5-6,10H2. The summed E-state index contributed by atoms with van der Waals surface area (Å²) in [6.45, 7) is 0. The lowest BCUT2D eigenvalue weighted by molar-refractivity contribution is 0.178. The summed E-state index contributed by atoms with van der Waals surface area (Å²) in [5, 5.41) is 10.3. The van der Waals surface area contributed by atoms with Gasteiger partial charge >= 0.3 is 0 Å². The molecule has 19 heavy (non-hydrogen) atoms. The molecule has 2 aromatic rings. The Kier molecular flexibility index (Phi) is 3.60. The van der Waals surface area contributed by atoms with Crippen LogP contribution in [-0.2, 0) is 6.42 Å². The number of aliphatic hydroxyl groups is 1. The van der Waals surface area contributed by atoms with Crippen LogP contribution in [0.4, 0.5) is 0 Å². The monoisotopic (exact) mass is 253 g/mol. The molecule has 1 aliphatic carbocycles. The number of benzene rings is 1. The molecule has 3 rings (SSSR count). The summed E-state index contributed by atoms with van der Waals surface area (Å²) in [7, 11) is 0. The zero-order valence-corrected chi connectivity index (χ0v) is 11.0. The van der Waals surface area contributed by atoms with Crippen LogP contribution in [0, 0.1) is 0 Å². The van der Waals surface area contributed by atoms with Gasteiger partial charge in [0, 0.05) is 18.8 Å². The molecule has 1 unspecified atom stereocenters.